The van der Waals surface area contributed by atoms with Crippen molar-refractivity contribution in [2.24, 2.45) is 0 Å². The number of ether oxygens (including phenoxy) is 1. The minimum absolute atomic E-state index is 0.565. The maximum atomic E-state index is 6.35. The lowest BCUT2D eigenvalue weighted by Crippen LogP contribution is -1.91. The fraction of sp³-hybridized carbons (Fsp3) is 0. The number of para-hydroxylation sites is 1. The Labute approximate surface area is 172 Å². The Balaban J connectivity index is 1.84. The number of hydrogen-bond acceptors (Lipinski definition) is 1. The Kier molecular flexibility index (Phi) is 5.28. The van der Waals surface area contributed by atoms with Crippen LogP contribution in [0.1, 0.15) is 0 Å². The van der Waals surface area contributed by atoms with E-state index in [9.17, 15) is 0 Å². The van der Waals surface area contributed by atoms with Crippen molar-refractivity contribution in [2.45, 2.75) is 0 Å². The third-order valence-electron chi connectivity index (χ3n) is 4.30. The minimum Gasteiger partial charge on any atom is -0.454 e. The van der Waals surface area contributed by atoms with Crippen molar-refractivity contribution in [3.05, 3.63) is 107 Å². The molecule has 0 spiro atoms. The van der Waals surface area contributed by atoms with Gasteiger partial charge in [0.25, 0.3) is 0 Å². The van der Waals surface area contributed by atoms with Gasteiger partial charge in [-0.15, -0.1) is 0 Å². The van der Waals surface area contributed by atoms with Crippen LogP contribution in [0.3, 0.4) is 0 Å². The highest BCUT2D eigenvalue weighted by Crippen LogP contribution is 2.41. The molecular weight excluding hydrogens is 420 g/mol. The largest absolute Gasteiger partial charge is 0.454 e. The monoisotopic (exact) mass is 434 g/mol. The molecule has 1 nitrogen and oxygen atoms in total. The molecule has 132 valence electrons. The first-order valence-corrected chi connectivity index (χ1v) is 9.76. The molecule has 0 radical (unpaired) electrons. The molecule has 0 N–H and O–H groups in total. The van der Waals surface area contributed by atoms with Crippen LogP contribution in [-0.4, -0.2) is 0 Å². The van der Waals surface area contributed by atoms with Gasteiger partial charge in [-0.2, -0.15) is 0 Å². The number of hydrogen-bond donors (Lipinski definition) is 0. The highest BCUT2D eigenvalue weighted by molar-refractivity contribution is 9.10. The van der Waals surface area contributed by atoms with E-state index < -0.39 is 0 Å². The molecule has 0 aliphatic heterocycles. The number of halogens is 2. The summed E-state index contributed by atoms with van der Waals surface area (Å²) in [5.41, 5.74) is 4.41. The normalized spacial score (nSPS) is 10.6. The van der Waals surface area contributed by atoms with Gasteiger partial charge < -0.3 is 4.74 Å². The van der Waals surface area contributed by atoms with E-state index in [0.717, 1.165) is 26.9 Å². The van der Waals surface area contributed by atoms with Gasteiger partial charge in [0, 0.05) is 5.56 Å². The minimum atomic E-state index is 0.565. The molecule has 0 saturated heterocycles. The SMILES string of the molecule is Clc1cccc(Br)c1Oc1ccc(-c2ccccc2)cc1-c1ccccc1. The zero-order valence-corrected chi connectivity index (χ0v) is 16.7. The Morgan fingerprint density at radius 2 is 1.30 bits per heavy atom. The molecule has 0 aliphatic rings. The summed E-state index contributed by atoms with van der Waals surface area (Å²) >= 11 is 9.88. The smallest absolute Gasteiger partial charge is 0.160 e. The summed E-state index contributed by atoms with van der Waals surface area (Å²) in [5, 5.41) is 0.565. The van der Waals surface area contributed by atoms with Gasteiger partial charge in [0.15, 0.2) is 5.75 Å². The quantitative estimate of drug-likeness (QED) is 0.314. The fourth-order valence-electron chi connectivity index (χ4n) is 2.96. The van der Waals surface area contributed by atoms with Crippen LogP contribution >= 0.6 is 27.5 Å². The fourth-order valence-corrected chi connectivity index (χ4v) is 3.74. The predicted molar refractivity (Wildman–Crippen MR) is 117 cm³/mol. The van der Waals surface area contributed by atoms with E-state index in [1.165, 1.54) is 5.56 Å². The second kappa shape index (κ2) is 7.99. The molecule has 0 atom stereocenters. The van der Waals surface area contributed by atoms with Gasteiger partial charge in [0.2, 0.25) is 0 Å². The lowest BCUT2D eigenvalue weighted by Gasteiger charge is -2.15. The first-order chi connectivity index (χ1) is 13.2. The van der Waals surface area contributed by atoms with Crippen LogP contribution < -0.4 is 4.74 Å². The van der Waals surface area contributed by atoms with Crippen LogP contribution in [0.5, 0.6) is 11.5 Å². The highest BCUT2D eigenvalue weighted by Gasteiger charge is 2.13. The van der Waals surface area contributed by atoms with E-state index in [4.69, 9.17) is 16.3 Å². The third-order valence-corrected chi connectivity index (χ3v) is 5.22. The third kappa shape index (κ3) is 3.92. The van der Waals surface area contributed by atoms with Crippen molar-refractivity contribution >= 4 is 27.5 Å². The number of benzene rings is 4. The van der Waals surface area contributed by atoms with E-state index in [0.29, 0.717) is 10.8 Å². The number of rotatable bonds is 4. The summed E-state index contributed by atoms with van der Waals surface area (Å²) in [4.78, 5) is 0. The van der Waals surface area contributed by atoms with Crippen molar-refractivity contribution in [2.75, 3.05) is 0 Å². The van der Waals surface area contributed by atoms with E-state index in [2.05, 4.69) is 52.3 Å². The molecule has 0 bridgehead atoms. The molecule has 0 unspecified atom stereocenters. The van der Waals surface area contributed by atoms with Crippen LogP contribution in [0, 0.1) is 0 Å². The van der Waals surface area contributed by atoms with E-state index in [1.807, 2.05) is 60.7 Å². The van der Waals surface area contributed by atoms with Crippen molar-refractivity contribution in [3.63, 3.8) is 0 Å². The standard InChI is InChI=1S/C24H16BrClO/c25-21-12-7-13-22(26)24(21)27-23-15-14-19(17-8-3-1-4-9-17)16-20(23)18-10-5-2-6-11-18/h1-16H. The molecule has 0 aliphatic carbocycles. The summed E-state index contributed by atoms with van der Waals surface area (Å²) in [6.45, 7) is 0. The molecule has 4 aromatic carbocycles. The highest BCUT2D eigenvalue weighted by atomic mass is 79.9. The lowest BCUT2D eigenvalue weighted by molar-refractivity contribution is 0.482. The van der Waals surface area contributed by atoms with Crippen molar-refractivity contribution in [3.8, 4) is 33.8 Å². The van der Waals surface area contributed by atoms with Gasteiger partial charge in [0.1, 0.15) is 5.75 Å². The Morgan fingerprint density at radius 3 is 1.96 bits per heavy atom. The van der Waals surface area contributed by atoms with Crippen molar-refractivity contribution in [1.82, 2.24) is 0 Å². The Hall–Kier alpha value is -2.55. The molecule has 0 aromatic heterocycles. The lowest BCUT2D eigenvalue weighted by atomic mass is 9.98. The second-order valence-electron chi connectivity index (χ2n) is 6.10. The molecule has 4 rings (SSSR count). The van der Waals surface area contributed by atoms with E-state index >= 15 is 0 Å². The zero-order chi connectivity index (χ0) is 18.6. The van der Waals surface area contributed by atoms with E-state index in [1.54, 1.807) is 0 Å². The maximum absolute atomic E-state index is 6.35. The Morgan fingerprint density at radius 1 is 0.630 bits per heavy atom. The molecule has 0 amide bonds. The van der Waals surface area contributed by atoms with Gasteiger partial charge >= 0.3 is 0 Å². The van der Waals surface area contributed by atoms with Gasteiger partial charge in [-0.05, 0) is 56.9 Å². The van der Waals surface area contributed by atoms with Crippen LogP contribution in [0.25, 0.3) is 22.3 Å². The Bertz CT molecular complexity index is 1040. The van der Waals surface area contributed by atoms with Crippen molar-refractivity contribution < 1.29 is 4.74 Å². The summed E-state index contributed by atoms with van der Waals surface area (Å²) in [6.07, 6.45) is 0. The molecule has 0 fully saturated rings. The molecular formula is C24H16BrClO. The molecule has 0 heterocycles. The first-order valence-electron chi connectivity index (χ1n) is 8.59. The maximum Gasteiger partial charge on any atom is 0.160 e. The van der Waals surface area contributed by atoms with Crippen LogP contribution in [0.15, 0.2) is 102 Å². The molecule has 27 heavy (non-hydrogen) atoms. The average molecular weight is 436 g/mol. The van der Waals surface area contributed by atoms with Gasteiger partial charge in [-0.3, -0.25) is 0 Å². The topological polar surface area (TPSA) is 9.23 Å². The summed E-state index contributed by atoms with van der Waals surface area (Å²) < 4.78 is 7.06. The summed E-state index contributed by atoms with van der Waals surface area (Å²) in [6, 6.07) is 32.4. The molecule has 4 aromatic rings. The van der Waals surface area contributed by atoms with Gasteiger partial charge in [0.05, 0.1) is 9.50 Å². The summed E-state index contributed by atoms with van der Waals surface area (Å²) in [5.74, 6) is 1.37. The van der Waals surface area contributed by atoms with Gasteiger partial charge in [-0.25, -0.2) is 0 Å². The second-order valence-corrected chi connectivity index (χ2v) is 7.36. The van der Waals surface area contributed by atoms with Crippen LogP contribution in [0.2, 0.25) is 5.02 Å². The zero-order valence-electron chi connectivity index (χ0n) is 14.4. The molecule has 3 heteroatoms. The van der Waals surface area contributed by atoms with Crippen LogP contribution in [-0.2, 0) is 0 Å². The summed E-state index contributed by atoms with van der Waals surface area (Å²) in [7, 11) is 0. The first kappa shape index (κ1) is 17.8. The molecule has 0 saturated carbocycles. The van der Waals surface area contributed by atoms with Crippen molar-refractivity contribution in [1.29, 1.82) is 0 Å². The van der Waals surface area contributed by atoms with Gasteiger partial charge in [-0.1, -0.05) is 84.4 Å². The van der Waals surface area contributed by atoms with Crippen LogP contribution in [0.4, 0.5) is 0 Å². The van der Waals surface area contributed by atoms with E-state index in [-0.39, 0.29) is 0 Å². The predicted octanol–water partition coefficient (Wildman–Crippen LogP) is 8.23. The average Bonchev–Trinajstić information content (AvgIpc) is 2.72.